The lowest BCUT2D eigenvalue weighted by Gasteiger charge is -2.31. The fourth-order valence-electron chi connectivity index (χ4n) is 1.63. The molecular weight excluding hydrogens is 168 g/mol. The number of hydrogen-bond donors (Lipinski definition) is 1. The summed E-state index contributed by atoms with van der Waals surface area (Å²) in [4.78, 5) is 2.49. The molecule has 1 saturated heterocycles. The van der Waals surface area contributed by atoms with Crippen molar-refractivity contribution in [3.05, 3.63) is 0 Å². The Hall–Kier alpha value is 0.270. The van der Waals surface area contributed by atoms with E-state index in [0.717, 1.165) is 6.04 Å². The van der Waals surface area contributed by atoms with Crippen LogP contribution in [0.25, 0.3) is 0 Å². The number of thioether (sulfide) groups is 1. The van der Waals surface area contributed by atoms with Crippen molar-refractivity contribution in [3.8, 4) is 0 Å². The minimum absolute atomic E-state index is 0.783. The smallest absolute Gasteiger partial charge is 0.0218 e. The van der Waals surface area contributed by atoms with E-state index in [1.165, 1.54) is 38.2 Å². The molecule has 72 valence electrons. The van der Waals surface area contributed by atoms with Crippen LogP contribution in [0.4, 0.5) is 0 Å². The molecule has 1 atom stereocenters. The van der Waals surface area contributed by atoms with Gasteiger partial charge in [-0.2, -0.15) is 11.8 Å². The maximum absolute atomic E-state index is 3.44. The van der Waals surface area contributed by atoms with Crippen molar-refractivity contribution in [2.45, 2.75) is 18.9 Å². The monoisotopic (exact) mass is 188 g/mol. The number of nitrogens with zero attached hydrogens (tertiary/aromatic N) is 1. The summed E-state index contributed by atoms with van der Waals surface area (Å²) in [5.41, 5.74) is 0. The van der Waals surface area contributed by atoms with E-state index in [4.69, 9.17) is 0 Å². The third kappa shape index (κ3) is 3.33. The highest BCUT2D eigenvalue weighted by Crippen LogP contribution is 2.08. The molecule has 1 aliphatic rings. The molecule has 0 aromatic rings. The summed E-state index contributed by atoms with van der Waals surface area (Å²) in [5, 5.41) is 3.44. The van der Waals surface area contributed by atoms with Crippen molar-refractivity contribution in [1.29, 1.82) is 0 Å². The lowest BCUT2D eigenvalue weighted by Crippen LogP contribution is -2.44. The Kier molecular flexibility index (Phi) is 5.04. The van der Waals surface area contributed by atoms with Crippen LogP contribution < -0.4 is 5.32 Å². The third-order valence-electron chi connectivity index (χ3n) is 2.54. The second-order valence-corrected chi connectivity index (χ2v) is 4.46. The van der Waals surface area contributed by atoms with Crippen molar-refractivity contribution in [3.63, 3.8) is 0 Å². The number of likely N-dealkylation sites (N-methyl/N-ethyl adjacent to an activating group) is 1. The first-order chi connectivity index (χ1) is 5.84. The average molecular weight is 188 g/mol. The van der Waals surface area contributed by atoms with E-state index in [2.05, 4.69) is 23.5 Å². The molecule has 0 aliphatic carbocycles. The van der Waals surface area contributed by atoms with Crippen molar-refractivity contribution < 1.29 is 0 Å². The molecule has 1 fully saturated rings. The van der Waals surface area contributed by atoms with Gasteiger partial charge in [0, 0.05) is 24.9 Å². The van der Waals surface area contributed by atoms with Crippen molar-refractivity contribution in [2.24, 2.45) is 0 Å². The molecule has 0 amide bonds. The second-order valence-electron chi connectivity index (χ2n) is 3.47. The molecule has 12 heavy (non-hydrogen) atoms. The zero-order valence-corrected chi connectivity index (χ0v) is 8.99. The van der Waals surface area contributed by atoms with Gasteiger partial charge in [0.1, 0.15) is 0 Å². The van der Waals surface area contributed by atoms with Crippen LogP contribution in [-0.2, 0) is 0 Å². The van der Waals surface area contributed by atoms with Crippen LogP contribution >= 0.6 is 11.8 Å². The molecule has 0 aromatic heterocycles. The molecule has 1 rings (SSSR count). The SMILES string of the molecule is CSCCN(C)C1CCCNC1. The normalized spacial score (nSPS) is 24.8. The van der Waals surface area contributed by atoms with Gasteiger partial charge in [0.15, 0.2) is 0 Å². The maximum Gasteiger partial charge on any atom is 0.0218 e. The number of hydrogen-bond acceptors (Lipinski definition) is 3. The van der Waals surface area contributed by atoms with Gasteiger partial charge >= 0.3 is 0 Å². The fourth-order valence-corrected chi connectivity index (χ4v) is 2.10. The van der Waals surface area contributed by atoms with Gasteiger partial charge in [-0.1, -0.05) is 0 Å². The van der Waals surface area contributed by atoms with E-state index in [0.29, 0.717) is 0 Å². The Morgan fingerprint density at radius 2 is 2.42 bits per heavy atom. The first-order valence-corrected chi connectivity index (χ1v) is 6.14. The number of rotatable bonds is 4. The van der Waals surface area contributed by atoms with Gasteiger partial charge in [-0.3, -0.25) is 0 Å². The van der Waals surface area contributed by atoms with E-state index in [1.807, 2.05) is 11.8 Å². The van der Waals surface area contributed by atoms with Gasteiger partial charge in [-0.15, -0.1) is 0 Å². The van der Waals surface area contributed by atoms with E-state index < -0.39 is 0 Å². The molecule has 0 saturated carbocycles. The Morgan fingerprint density at radius 1 is 1.58 bits per heavy atom. The second kappa shape index (κ2) is 5.84. The molecule has 0 aromatic carbocycles. The number of piperidine rings is 1. The predicted octanol–water partition coefficient (Wildman–Crippen LogP) is 1.03. The minimum Gasteiger partial charge on any atom is -0.315 e. The Labute approximate surface area is 80.1 Å². The van der Waals surface area contributed by atoms with Crippen molar-refractivity contribution >= 4 is 11.8 Å². The molecule has 2 nitrogen and oxygen atoms in total. The first kappa shape index (κ1) is 10.4. The van der Waals surface area contributed by atoms with E-state index in [9.17, 15) is 0 Å². The number of nitrogens with one attached hydrogen (secondary N) is 1. The topological polar surface area (TPSA) is 15.3 Å². The van der Waals surface area contributed by atoms with Gasteiger partial charge in [-0.05, 0) is 32.7 Å². The summed E-state index contributed by atoms with van der Waals surface area (Å²) in [6, 6.07) is 0.783. The summed E-state index contributed by atoms with van der Waals surface area (Å²) < 4.78 is 0. The van der Waals surface area contributed by atoms with Gasteiger partial charge in [-0.25, -0.2) is 0 Å². The largest absolute Gasteiger partial charge is 0.315 e. The summed E-state index contributed by atoms with van der Waals surface area (Å²) in [5.74, 6) is 1.26. The van der Waals surface area contributed by atoms with Crippen LogP contribution in [0, 0.1) is 0 Å². The predicted molar refractivity (Wildman–Crippen MR) is 56.9 cm³/mol. The molecule has 1 unspecified atom stereocenters. The lowest BCUT2D eigenvalue weighted by atomic mass is 10.1. The van der Waals surface area contributed by atoms with Crippen molar-refractivity contribution in [1.82, 2.24) is 10.2 Å². The van der Waals surface area contributed by atoms with Crippen molar-refractivity contribution in [2.75, 3.05) is 38.7 Å². The van der Waals surface area contributed by atoms with Gasteiger partial charge in [0.2, 0.25) is 0 Å². The summed E-state index contributed by atoms with van der Waals surface area (Å²) in [6.45, 7) is 3.63. The van der Waals surface area contributed by atoms with Crippen LogP contribution in [0.1, 0.15) is 12.8 Å². The molecule has 1 N–H and O–H groups in total. The Balaban J connectivity index is 2.15. The van der Waals surface area contributed by atoms with E-state index >= 15 is 0 Å². The minimum atomic E-state index is 0.783. The highest BCUT2D eigenvalue weighted by Gasteiger charge is 2.16. The molecule has 1 aliphatic heterocycles. The van der Waals surface area contributed by atoms with Gasteiger partial charge in [0.05, 0.1) is 0 Å². The molecule has 0 bridgehead atoms. The summed E-state index contributed by atoms with van der Waals surface area (Å²) in [6.07, 6.45) is 4.89. The fraction of sp³-hybridized carbons (Fsp3) is 1.00. The van der Waals surface area contributed by atoms with Crippen LogP contribution in [0.3, 0.4) is 0 Å². The quantitative estimate of drug-likeness (QED) is 0.709. The molecule has 1 heterocycles. The molecule has 0 radical (unpaired) electrons. The Bertz CT molecular complexity index is 113. The van der Waals surface area contributed by atoms with Gasteiger partial charge < -0.3 is 10.2 Å². The van der Waals surface area contributed by atoms with Crippen LogP contribution in [0.2, 0.25) is 0 Å². The maximum atomic E-state index is 3.44. The summed E-state index contributed by atoms with van der Waals surface area (Å²) in [7, 11) is 2.24. The first-order valence-electron chi connectivity index (χ1n) is 4.74. The zero-order valence-electron chi connectivity index (χ0n) is 8.18. The summed E-state index contributed by atoms with van der Waals surface area (Å²) >= 11 is 1.93. The standard InChI is InChI=1S/C9H20N2S/c1-11(6-7-12-2)9-4-3-5-10-8-9/h9-10H,3-8H2,1-2H3. The third-order valence-corrected chi connectivity index (χ3v) is 3.13. The zero-order chi connectivity index (χ0) is 8.81. The molecule has 3 heteroatoms. The lowest BCUT2D eigenvalue weighted by molar-refractivity contribution is 0.214. The molecular formula is C9H20N2S. The van der Waals surface area contributed by atoms with Crippen LogP contribution in [-0.4, -0.2) is 49.6 Å². The van der Waals surface area contributed by atoms with E-state index in [-0.39, 0.29) is 0 Å². The van der Waals surface area contributed by atoms with Crippen LogP contribution in [0.5, 0.6) is 0 Å². The van der Waals surface area contributed by atoms with Gasteiger partial charge in [0.25, 0.3) is 0 Å². The Morgan fingerprint density at radius 3 is 3.00 bits per heavy atom. The average Bonchev–Trinajstić information content (AvgIpc) is 2.15. The van der Waals surface area contributed by atoms with E-state index in [1.54, 1.807) is 0 Å². The molecule has 0 spiro atoms. The van der Waals surface area contributed by atoms with Crippen LogP contribution in [0.15, 0.2) is 0 Å². The highest BCUT2D eigenvalue weighted by atomic mass is 32.2. The highest BCUT2D eigenvalue weighted by molar-refractivity contribution is 7.98.